The van der Waals surface area contributed by atoms with Crippen LogP contribution in [0, 0.1) is 0 Å². The summed E-state index contributed by atoms with van der Waals surface area (Å²) in [4.78, 5) is 11.8. The minimum absolute atomic E-state index is 0.140. The predicted octanol–water partition coefficient (Wildman–Crippen LogP) is 3.40. The molecule has 0 fully saturated rings. The summed E-state index contributed by atoms with van der Waals surface area (Å²) in [5, 5.41) is 7.51. The predicted molar refractivity (Wildman–Crippen MR) is 79.8 cm³/mol. The van der Waals surface area contributed by atoms with E-state index in [2.05, 4.69) is 17.0 Å². The van der Waals surface area contributed by atoms with Crippen molar-refractivity contribution in [2.75, 3.05) is 0 Å². The normalized spacial score (nSPS) is 12.8. The third-order valence-electron chi connectivity index (χ3n) is 2.32. The molecule has 1 aromatic rings. The summed E-state index contributed by atoms with van der Waals surface area (Å²) >= 11 is 5.83. The molecular weight excluding hydrogens is 278 g/mol. The van der Waals surface area contributed by atoms with E-state index in [1.807, 2.05) is 27.7 Å². The van der Waals surface area contributed by atoms with Crippen LogP contribution < -0.4 is 5.32 Å². The van der Waals surface area contributed by atoms with Gasteiger partial charge in [0.15, 0.2) is 0 Å². The van der Waals surface area contributed by atoms with Gasteiger partial charge in [-0.1, -0.05) is 17.2 Å². The van der Waals surface area contributed by atoms with Crippen LogP contribution in [0.15, 0.2) is 24.5 Å². The number of aromatic nitrogens is 2. The molecule has 6 heteroatoms. The zero-order valence-corrected chi connectivity index (χ0v) is 13.2. The van der Waals surface area contributed by atoms with Crippen LogP contribution in [-0.2, 0) is 11.3 Å². The SMILES string of the molecule is C=C(C)CC(Cn1cc(Cl)cn1)NC(=O)OC(C)(C)C. The third-order valence-corrected chi connectivity index (χ3v) is 2.52. The van der Waals surface area contributed by atoms with E-state index in [1.54, 1.807) is 17.1 Å². The van der Waals surface area contributed by atoms with Gasteiger partial charge in [0.25, 0.3) is 0 Å². The summed E-state index contributed by atoms with van der Waals surface area (Å²) in [7, 11) is 0. The van der Waals surface area contributed by atoms with E-state index in [9.17, 15) is 4.79 Å². The Morgan fingerprint density at radius 2 is 2.25 bits per heavy atom. The van der Waals surface area contributed by atoms with E-state index in [0.717, 1.165) is 5.57 Å². The highest BCUT2D eigenvalue weighted by Crippen LogP contribution is 2.11. The molecule has 0 radical (unpaired) electrons. The van der Waals surface area contributed by atoms with Gasteiger partial charge in [-0.25, -0.2) is 4.79 Å². The Hall–Kier alpha value is -1.49. The van der Waals surface area contributed by atoms with Crippen molar-refractivity contribution in [2.24, 2.45) is 0 Å². The molecule has 0 spiro atoms. The van der Waals surface area contributed by atoms with Crippen LogP contribution in [0.25, 0.3) is 0 Å². The number of rotatable bonds is 5. The first-order valence-corrected chi connectivity index (χ1v) is 6.85. The number of nitrogens with one attached hydrogen (secondary N) is 1. The molecule has 1 atom stereocenters. The number of amides is 1. The quantitative estimate of drug-likeness (QED) is 0.848. The molecule has 1 N–H and O–H groups in total. The molecule has 0 saturated heterocycles. The molecule has 1 amide bonds. The third kappa shape index (κ3) is 6.61. The molecular formula is C14H22ClN3O2. The Labute approximate surface area is 124 Å². The first-order chi connectivity index (χ1) is 9.15. The number of alkyl carbamates (subject to hydrolysis) is 1. The maximum Gasteiger partial charge on any atom is 0.407 e. The number of halogens is 1. The molecule has 5 nitrogen and oxygen atoms in total. The summed E-state index contributed by atoms with van der Waals surface area (Å²) in [5.74, 6) is 0. The minimum Gasteiger partial charge on any atom is -0.444 e. The van der Waals surface area contributed by atoms with Crippen LogP contribution in [0.2, 0.25) is 5.02 Å². The lowest BCUT2D eigenvalue weighted by molar-refractivity contribution is 0.0498. The Morgan fingerprint density at radius 3 is 2.70 bits per heavy atom. The summed E-state index contributed by atoms with van der Waals surface area (Å²) in [6, 6.07) is -0.140. The van der Waals surface area contributed by atoms with Crippen molar-refractivity contribution in [3.8, 4) is 0 Å². The molecule has 0 aromatic carbocycles. The molecule has 0 bridgehead atoms. The van der Waals surface area contributed by atoms with E-state index >= 15 is 0 Å². The maximum absolute atomic E-state index is 11.8. The molecule has 0 aliphatic carbocycles. The average molecular weight is 300 g/mol. The summed E-state index contributed by atoms with van der Waals surface area (Å²) < 4.78 is 6.95. The van der Waals surface area contributed by atoms with Crippen LogP contribution in [-0.4, -0.2) is 27.5 Å². The van der Waals surface area contributed by atoms with Gasteiger partial charge in [-0.2, -0.15) is 5.10 Å². The number of hydrogen-bond acceptors (Lipinski definition) is 3. The highest BCUT2D eigenvalue weighted by atomic mass is 35.5. The number of hydrogen-bond donors (Lipinski definition) is 1. The summed E-state index contributed by atoms with van der Waals surface area (Å²) in [5.41, 5.74) is 0.455. The zero-order valence-electron chi connectivity index (χ0n) is 12.4. The second-order valence-corrected chi connectivity index (χ2v) is 6.32. The number of ether oxygens (including phenoxy) is 1. The molecule has 0 aliphatic heterocycles. The number of carbonyl (C=O) groups excluding carboxylic acids is 1. The molecule has 1 aromatic heterocycles. The van der Waals surface area contributed by atoms with Crippen LogP contribution in [0.1, 0.15) is 34.1 Å². The Kier molecular flexibility index (Phi) is 5.62. The van der Waals surface area contributed by atoms with E-state index < -0.39 is 11.7 Å². The highest BCUT2D eigenvalue weighted by molar-refractivity contribution is 6.30. The molecule has 20 heavy (non-hydrogen) atoms. The van der Waals surface area contributed by atoms with Gasteiger partial charge in [0.05, 0.1) is 23.8 Å². The van der Waals surface area contributed by atoms with Gasteiger partial charge in [-0.15, -0.1) is 6.58 Å². The lowest BCUT2D eigenvalue weighted by Gasteiger charge is -2.23. The second-order valence-electron chi connectivity index (χ2n) is 5.88. The smallest absolute Gasteiger partial charge is 0.407 e. The standard InChI is InChI=1S/C14H22ClN3O2/c1-10(2)6-12(9-18-8-11(15)7-16-18)17-13(19)20-14(3,4)5/h7-8,12H,1,6,9H2,2-5H3,(H,17,19). The average Bonchev–Trinajstić information content (AvgIpc) is 2.59. The van der Waals surface area contributed by atoms with Crippen LogP contribution >= 0.6 is 11.6 Å². The van der Waals surface area contributed by atoms with Crippen molar-refractivity contribution in [1.82, 2.24) is 15.1 Å². The van der Waals surface area contributed by atoms with Crippen molar-refractivity contribution in [1.29, 1.82) is 0 Å². The van der Waals surface area contributed by atoms with Crippen molar-refractivity contribution in [3.63, 3.8) is 0 Å². The van der Waals surface area contributed by atoms with Crippen molar-refractivity contribution < 1.29 is 9.53 Å². The zero-order chi connectivity index (χ0) is 15.3. The van der Waals surface area contributed by atoms with E-state index in [1.165, 1.54) is 0 Å². The van der Waals surface area contributed by atoms with Gasteiger partial charge in [0, 0.05) is 6.20 Å². The van der Waals surface area contributed by atoms with Gasteiger partial charge in [-0.05, 0) is 34.1 Å². The molecule has 1 unspecified atom stereocenters. The second kappa shape index (κ2) is 6.79. The lowest BCUT2D eigenvalue weighted by atomic mass is 10.1. The van der Waals surface area contributed by atoms with Crippen molar-refractivity contribution in [3.05, 3.63) is 29.6 Å². The van der Waals surface area contributed by atoms with Gasteiger partial charge >= 0.3 is 6.09 Å². The van der Waals surface area contributed by atoms with Gasteiger partial charge in [0.1, 0.15) is 5.60 Å². The Bertz CT molecular complexity index is 477. The highest BCUT2D eigenvalue weighted by Gasteiger charge is 2.20. The molecule has 0 saturated carbocycles. The fraction of sp³-hybridized carbons (Fsp3) is 0.571. The van der Waals surface area contributed by atoms with Crippen LogP contribution in [0.5, 0.6) is 0 Å². The lowest BCUT2D eigenvalue weighted by Crippen LogP contribution is -2.41. The number of nitrogens with zero attached hydrogens (tertiary/aromatic N) is 2. The van der Waals surface area contributed by atoms with Crippen LogP contribution in [0.4, 0.5) is 4.79 Å². The fourth-order valence-electron chi connectivity index (χ4n) is 1.72. The van der Waals surface area contributed by atoms with Crippen molar-refractivity contribution in [2.45, 2.75) is 52.3 Å². The van der Waals surface area contributed by atoms with E-state index in [0.29, 0.717) is 18.0 Å². The fourth-order valence-corrected chi connectivity index (χ4v) is 1.88. The first-order valence-electron chi connectivity index (χ1n) is 6.47. The summed E-state index contributed by atoms with van der Waals surface area (Å²) in [6.45, 7) is 11.8. The monoisotopic (exact) mass is 299 g/mol. The Morgan fingerprint density at radius 1 is 1.60 bits per heavy atom. The minimum atomic E-state index is -0.521. The van der Waals surface area contributed by atoms with Crippen LogP contribution in [0.3, 0.4) is 0 Å². The molecule has 0 aliphatic rings. The maximum atomic E-state index is 11.8. The summed E-state index contributed by atoms with van der Waals surface area (Å²) in [6.07, 6.45) is 3.48. The van der Waals surface area contributed by atoms with Gasteiger partial charge in [-0.3, -0.25) is 4.68 Å². The van der Waals surface area contributed by atoms with E-state index in [-0.39, 0.29) is 6.04 Å². The largest absolute Gasteiger partial charge is 0.444 e. The molecule has 112 valence electrons. The van der Waals surface area contributed by atoms with Gasteiger partial charge in [0.2, 0.25) is 0 Å². The number of carbonyl (C=O) groups is 1. The topological polar surface area (TPSA) is 56.2 Å². The van der Waals surface area contributed by atoms with E-state index in [4.69, 9.17) is 16.3 Å². The molecule has 1 heterocycles. The molecule has 1 rings (SSSR count). The first kappa shape index (κ1) is 16.6. The van der Waals surface area contributed by atoms with Crippen molar-refractivity contribution >= 4 is 17.7 Å². The Balaban J connectivity index is 2.64. The van der Waals surface area contributed by atoms with Gasteiger partial charge < -0.3 is 10.1 Å².